The molecular weight excluding hydrogens is 488 g/mol. The zero-order valence-electron chi connectivity index (χ0n) is 21.5. The van der Waals surface area contributed by atoms with E-state index in [2.05, 4.69) is 0 Å². The lowest BCUT2D eigenvalue weighted by molar-refractivity contribution is -0.121. The average Bonchev–Trinajstić information content (AvgIpc) is 2.91. The van der Waals surface area contributed by atoms with Gasteiger partial charge in [-0.2, -0.15) is 0 Å². The summed E-state index contributed by atoms with van der Waals surface area (Å²) >= 11 is 0. The topological polar surface area (TPSA) is 148 Å². The van der Waals surface area contributed by atoms with E-state index in [1.807, 2.05) is 30.3 Å². The molecule has 0 fully saturated rings. The van der Waals surface area contributed by atoms with Crippen LogP contribution in [0.5, 0.6) is 23.0 Å². The lowest BCUT2D eigenvalue weighted by Crippen LogP contribution is -2.20. The summed E-state index contributed by atoms with van der Waals surface area (Å²) in [4.78, 5) is 13.1. The number of benzene rings is 3. The van der Waals surface area contributed by atoms with E-state index in [0.29, 0.717) is 29.5 Å². The molecule has 3 aromatic rings. The normalized spacial score (nSPS) is 13.6. The first-order valence-electron chi connectivity index (χ1n) is 12.6. The van der Waals surface area contributed by atoms with E-state index in [1.54, 1.807) is 12.1 Å². The zero-order valence-corrected chi connectivity index (χ0v) is 21.5. The fraction of sp³-hybridized carbons (Fsp3) is 0.367. The number of aliphatic hydroxyl groups excluding tert-OH is 3. The van der Waals surface area contributed by atoms with Crippen LogP contribution in [0.1, 0.15) is 59.8 Å². The molecule has 38 heavy (non-hydrogen) atoms. The van der Waals surface area contributed by atoms with Crippen LogP contribution >= 0.6 is 0 Å². The van der Waals surface area contributed by atoms with Crippen LogP contribution in [0.25, 0.3) is 0 Å². The molecule has 0 amide bonds. The molecule has 3 aromatic carbocycles. The molecule has 8 heteroatoms. The van der Waals surface area contributed by atoms with Crippen molar-refractivity contribution in [1.29, 1.82) is 0 Å². The van der Waals surface area contributed by atoms with Gasteiger partial charge in [0.15, 0.2) is 23.0 Å². The van der Waals surface area contributed by atoms with E-state index in [0.717, 1.165) is 5.56 Å². The van der Waals surface area contributed by atoms with Gasteiger partial charge in [-0.05, 0) is 71.7 Å². The summed E-state index contributed by atoms with van der Waals surface area (Å²) in [6.45, 7) is -0.620. The third-order valence-corrected chi connectivity index (χ3v) is 6.86. The van der Waals surface area contributed by atoms with E-state index in [1.165, 1.54) is 25.3 Å². The van der Waals surface area contributed by atoms with Crippen molar-refractivity contribution in [2.24, 2.45) is 0 Å². The zero-order chi connectivity index (χ0) is 27.7. The Bertz CT molecular complexity index is 1190. The van der Waals surface area contributed by atoms with E-state index < -0.39 is 12.0 Å². The molecule has 0 unspecified atom stereocenters. The first-order chi connectivity index (χ1) is 18.2. The number of hydrogen-bond donors (Lipinski definition) is 6. The van der Waals surface area contributed by atoms with Crippen LogP contribution in [-0.2, 0) is 17.8 Å². The van der Waals surface area contributed by atoms with Gasteiger partial charge in [-0.15, -0.1) is 0 Å². The molecule has 0 aliphatic rings. The number of Topliss-reactive ketones (excluding diaryl/α,β-unsaturated/α-hetero) is 1. The summed E-state index contributed by atoms with van der Waals surface area (Å²) in [6.07, 6.45) is 0.319. The molecule has 0 radical (unpaired) electrons. The summed E-state index contributed by atoms with van der Waals surface area (Å²) in [6, 6.07) is 17.1. The number of ketones is 1. The average molecular weight is 525 g/mol. The summed E-state index contributed by atoms with van der Waals surface area (Å²) in [7, 11) is 1.43. The maximum atomic E-state index is 13.1. The SMILES string of the molecule is COc1cc([C@H](CCc2ccccc2)CC(=O)C[C@H](O)C[C@H](CO)c2ccc(O)c(O)c2)c(CO)cc1O. The highest BCUT2D eigenvalue weighted by Crippen LogP contribution is 2.37. The minimum atomic E-state index is -1.03. The van der Waals surface area contributed by atoms with Crippen LogP contribution in [0.15, 0.2) is 60.7 Å². The minimum Gasteiger partial charge on any atom is -0.504 e. The van der Waals surface area contributed by atoms with E-state index in [4.69, 9.17) is 4.74 Å². The Kier molecular flexibility index (Phi) is 10.5. The van der Waals surface area contributed by atoms with Crippen LogP contribution in [-0.4, -0.2) is 56.2 Å². The highest BCUT2D eigenvalue weighted by atomic mass is 16.5. The van der Waals surface area contributed by atoms with Gasteiger partial charge in [0.1, 0.15) is 5.78 Å². The smallest absolute Gasteiger partial charge is 0.160 e. The molecule has 6 N–H and O–H groups in total. The summed E-state index contributed by atoms with van der Waals surface area (Å²) in [5.74, 6) is -1.46. The number of aromatic hydroxyl groups is 3. The van der Waals surface area contributed by atoms with E-state index >= 15 is 0 Å². The fourth-order valence-electron chi connectivity index (χ4n) is 4.80. The molecule has 0 saturated heterocycles. The molecule has 0 aliphatic carbocycles. The van der Waals surface area contributed by atoms with Gasteiger partial charge in [-0.3, -0.25) is 4.79 Å². The molecule has 0 heterocycles. The number of carbonyl (C=O) groups excluding carboxylic acids is 1. The number of aryl methyl sites for hydroxylation is 1. The van der Waals surface area contributed by atoms with Crippen molar-refractivity contribution in [3.63, 3.8) is 0 Å². The number of rotatable bonds is 14. The first kappa shape index (κ1) is 29.0. The predicted octanol–water partition coefficient (Wildman–Crippen LogP) is 3.90. The van der Waals surface area contributed by atoms with Gasteiger partial charge in [0.2, 0.25) is 0 Å². The summed E-state index contributed by atoms with van der Waals surface area (Å²) < 4.78 is 5.27. The lowest BCUT2D eigenvalue weighted by Gasteiger charge is -2.23. The molecule has 204 valence electrons. The largest absolute Gasteiger partial charge is 0.504 e. The number of phenolic OH excluding ortho intramolecular Hbond substituents is 3. The van der Waals surface area contributed by atoms with E-state index in [9.17, 15) is 35.4 Å². The molecule has 0 bridgehead atoms. The third kappa shape index (κ3) is 7.71. The van der Waals surface area contributed by atoms with Crippen molar-refractivity contribution in [3.05, 3.63) is 82.9 Å². The Morgan fingerprint density at radius 3 is 2.24 bits per heavy atom. The van der Waals surface area contributed by atoms with Gasteiger partial charge in [-0.1, -0.05) is 36.4 Å². The Morgan fingerprint density at radius 2 is 1.61 bits per heavy atom. The van der Waals surface area contributed by atoms with Crippen molar-refractivity contribution in [3.8, 4) is 23.0 Å². The van der Waals surface area contributed by atoms with Crippen LogP contribution in [0.4, 0.5) is 0 Å². The number of carbonyl (C=O) groups is 1. The van der Waals surface area contributed by atoms with Crippen molar-refractivity contribution < 1.29 is 40.2 Å². The number of methoxy groups -OCH3 is 1. The molecule has 8 nitrogen and oxygen atoms in total. The molecule has 0 aromatic heterocycles. The first-order valence-corrected chi connectivity index (χ1v) is 12.6. The quantitative estimate of drug-likeness (QED) is 0.174. The Morgan fingerprint density at radius 1 is 0.868 bits per heavy atom. The van der Waals surface area contributed by atoms with Gasteiger partial charge in [0.05, 0.1) is 26.4 Å². The Labute approximate surface area is 222 Å². The van der Waals surface area contributed by atoms with Gasteiger partial charge >= 0.3 is 0 Å². The second-order valence-electron chi connectivity index (χ2n) is 9.57. The maximum Gasteiger partial charge on any atom is 0.160 e. The summed E-state index contributed by atoms with van der Waals surface area (Å²) in [5.41, 5.74) is 2.85. The van der Waals surface area contributed by atoms with Gasteiger partial charge in [-0.25, -0.2) is 0 Å². The van der Waals surface area contributed by atoms with Crippen molar-refractivity contribution in [2.45, 2.75) is 56.7 Å². The Hall–Kier alpha value is -3.59. The molecular formula is C30H36O8. The van der Waals surface area contributed by atoms with Crippen LogP contribution in [0.2, 0.25) is 0 Å². The molecule has 3 rings (SSSR count). The molecule has 3 atom stereocenters. The van der Waals surface area contributed by atoms with Crippen molar-refractivity contribution in [2.75, 3.05) is 13.7 Å². The lowest BCUT2D eigenvalue weighted by atomic mass is 9.84. The third-order valence-electron chi connectivity index (χ3n) is 6.86. The van der Waals surface area contributed by atoms with Crippen molar-refractivity contribution >= 4 is 5.78 Å². The van der Waals surface area contributed by atoms with Gasteiger partial charge in [0.25, 0.3) is 0 Å². The predicted molar refractivity (Wildman–Crippen MR) is 143 cm³/mol. The number of ether oxygens (including phenoxy) is 1. The fourth-order valence-corrected chi connectivity index (χ4v) is 4.80. The molecule has 0 spiro atoms. The molecule has 0 saturated carbocycles. The van der Waals surface area contributed by atoms with Crippen molar-refractivity contribution in [1.82, 2.24) is 0 Å². The Balaban J connectivity index is 1.76. The number of hydrogen-bond acceptors (Lipinski definition) is 8. The minimum absolute atomic E-state index is 0.0933. The van der Waals surface area contributed by atoms with Crippen LogP contribution in [0, 0.1) is 0 Å². The van der Waals surface area contributed by atoms with Crippen LogP contribution < -0.4 is 4.74 Å². The van der Waals surface area contributed by atoms with Gasteiger partial charge < -0.3 is 35.4 Å². The standard InChI is InChI=1S/C30H36O8/c1-38-30-16-26(23(18-32)14-29(30)37)21(8-7-19-5-3-2-4-6-19)11-24(33)15-25(34)12-22(17-31)20-9-10-27(35)28(36)13-20/h2-6,9-10,13-14,16,21-22,25,31-32,34-37H,7-8,11-12,15,17-18H2,1H3/t21-,22-,25-/m1/s1. The highest BCUT2D eigenvalue weighted by Gasteiger charge is 2.24. The second kappa shape index (κ2) is 13.8. The summed E-state index contributed by atoms with van der Waals surface area (Å²) in [5, 5.41) is 60.0. The monoisotopic (exact) mass is 524 g/mol. The number of phenols is 3. The van der Waals surface area contributed by atoms with E-state index in [-0.39, 0.29) is 67.2 Å². The number of aliphatic hydroxyl groups is 3. The van der Waals surface area contributed by atoms with Crippen LogP contribution in [0.3, 0.4) is 0 Å². The second-order valence-corrected chi connectivity index (χ2v) is 9.57. The maximum absolute atomic E-state index is 13.1. The molecule has 0 aliphatic heterocycles. The highest BCUT2D eigenvalue weighted by molar-refractivity contribution is 5.80. The van der Waals surface area contributed by atoms with Gasteiger partial charge in [0, 0.05) is 18.8 Å².